The van der Waals surface area contributed by atoms with Crippen molar-refractivity contribution in [3.63, 3.8) is 0 Å². The highest BCUT2D eigenvalue weighted by Crippen LogP contribution is 2.64. The van der Waals surface area contributed by atoms with Crippen molar-refractivity contribution in [2.24, 2.45) is 5.41 Å². The lowest BCUT2D eigenvalue weighted by atomic mass is 10.1. The van der Waals surface area contributed by atoms with Crippen LogP contribution in [0.15, 0.2) is 18.2 Å². The predicted octanol–water partition coefficient (Wildman–Crippen LogP) is 3.03. The molecule has 8 heteroatoms. The molecule has 1 saturated carbocycles. The van der Waals surface area contributed by atoms with E-state index < -0.39 is 39.9 Å². The molecule has 0 heterocycles. The van der Waals surface area contributed by atoms with Gasteiger partial charge in [0.25, 0.3) is 5.91 Å². The smallest absolute Gasteiger partial charge is 0.315 e. The van der Waals surface area contributed by atoms with Crippen LogP contribution < -0.4 is 5.32 Å². The monoisotopic (exact) mass is 337 g/mol. The maximum atomic E-state index is 13.3. The lowest BCUT2D eigenvalue weighted by Gasteiger charge is -2.12. The van der Waals surface area contributed by atoms with Crippen LogP contribution in [0.5, 0.6) is 0 Å². The molecule has 21 heavy (non-hydrogen) atoms. The highest BCUT2D eigenvalue weighted by atomic mass is 35.5. The van der Waals surface area contributed by atoms with Gasteiger partial charge >= 0.3 is 5.97 Å². The fraction of sp³-hybridized carbons (Fsp3) is 0.385. The summed E-state index contributed by atoms with van der Waals surface area (Å²) < 4.78 is 29.8. The summed E-state index contributed by atoms with van der Waals surface area (Å²) in [5.41, 5.74) is -1.39. The maximum absolute atomic E-state index is 13.3. The van der Waals surface area contributed by atoms with Gasteiger partial charge in [-0.1, -0.05) is 0 Å². The number of hydrogen-bond acceptors (Lipinski definition) is 3. The zero-order valence-electron chi connectivity index (χ0n) is 10.9. The van der Waals surface area contributed by atoms with Crippen molar-refractivity contribution >= 4 is 40.8 Å². The van der Waals surface area contributed by atoms with E-state index in [0.717, 1.165) is 18.2 Å². The Morgan fingerprint density at radius 3 is 2.57 bits per heavy atom. The molecule has 1 unspecified atom stereocenters. The van der Waals surface area contributed by atoms with Gasteiger partial charge in [0, 0.05) is 12.5 Å². The minimum atomic E-state index is -1.20. The van der Waals surface area contributed by atoms with Crippen LogP contribution >= 0.6 is 23.2 Å². The second-order valence-electron chi connectivity index (χ2n) is 4.96. The number of carbonyl (C=O) groups excluding carboxylic acids is 2. The molecule has 0 radical (unpaired) electrons. The van der Waals surface area contributed by atoms with Gasteiger partial charge < -0.3 is 10.1 Å². The molecular formula is C13H11Cl2F2NO3. The second-order valence-corrected chi connectivity index (χ2v) is 6.45. The minimum Gasteiger partial charge on any atom is -0.455 e. The number of anilines is 1. The van der Waals surface area contributed by atoms with Gasteiger partial charge in [-0.2, -0.15) is 0 Å². The first-order valence-corrected chi connectivity index (χ1v) is 6.71. The highest BCUT2D eigenvalue weighted by molar-refractivity contribution is 6.53. The minimum absolute atomic E-state index is 0.224. The Morgan fingerprint density at radius 2 is 2.00 bits per heavy atom. The Kier molecular flexibility index (Phi) is 4.13. The summed E-state index contributed by atoms with van der Waals surface area (Å²) in [7, 11) is 0. The van der Waals surface area contributed by atoms with Crippen LogP contribution in [0, 0.1) is 17.0 Å². The summed E-state index contributed by atoms with van der Waals surface area (Å²) in [4.78, 5) is 23.3. The van der Waals surface area contributed by atoms with E-state index in [1.165, 1.54) is 6.92 Å². The molecule has 1 N–H and O–H groups in total. The molecule has 1 fully saturated rings. The van der Waals surface area contributed by atoms with Gasteiger partial charge in [-0.15, -0.1) is 23.2 Å². The van der Waals surface area contributed by atoms with Crippen LogP contribution in [0.25, 0.3) is 0 Å². The van der Waals surface area contributed by atoms with E-state index in [0.29, 0.717) is 0 Å². The Labute approximate surface area is 129 Å². The number of esters is 1. The maximum Gasteiger partial charge on any atom is 0.315 e. The van der Waals surface area contributed by atoms with Crippen molar-refractivity contribution in [2.75, 3.05) is 11.9 Å². The van der Waals surface area contributed by atoms with Gasteiger partial charge in [0.1, 0.15) is 21.4 Å². The molecule has 1 atom stereocenters. The van der Waals surface area contributed by atoms with Gasteiger partial charge in [0.2, 0.25) is 0 Å². The average molecular weight is 338 g/mol. The Balaban J connectivity index is 1.89. The number of alkyl halides is 2. The largest absolute Gasteiger partial charge is 0.455 e. The molecule has 0 spiro atoms. The molecule has 0 aromatic heterocycles. The molecule has 1 amide bonds. The molecule has 0 aliphatic heterocycles. The summed E-state index contributed by atoms with van der Waals surface area (Å²) in [5.74, 6) is -3.02. The number of benzene rings is 1. The lowest BCUT2D eigenvalue weighted by Crippen LogP contribution is -2.27. The van der Waals surface area contributed by atoms with Crippen molar-refractivity contribution in [1.82, 2.24) is 0 Å². The third-order valence-corrected chi connectivity index (χ3v) is 4.35. The van der Waals surface area contributed by atoms with Gasteiger partial charge in [-0.05, 0) is 19.1 Å². The fourth-order valence-corrected chi connectivity index (χ4v) is 2.38. The fourth-order valence-electron chi connectivity index (χ4n) is 1.69. The van der Waals surface area contributed by atoms with Gasteiger partial charge in [-0.3, -0.25) is 9.59 Å². The number of rotatable bonds is 4. The molecule has 0 saturated heterocycles. The third kappa shape index (κ3) is 3.27. The first-order valence-electron chi connectivity index (χ1n) is 5.96. The van der Waals surface area contributed by atoms with Gasteiger partial charge in [-0.25, -0.2) is 8.78 Å². The summed E-state index contributed by atoms with van der Waals surface area (Å²) in [5, 5.41) is 2.10. The van der Waals surface area contributed by atoms with E-state index in [1.807, 2.05) is 0 Å². The van der Waals surface area contributed by atoms with E-state index in [1.54, 1.807) is 0 Å². The molecule has 1 aliphatic carbocycles. The second kappa shape index (κ2) is 5.42. The summed E-state index contributed by atoms with van der Waals surface area (Å²) in [6.07, 6.45) is 0.224. The van der Waals surface area contributed by atoms with Crippen LogP contribution in [0.4, 0.5) is 14.5 Å². The van der Waals surface area contributed by atoms with Crippen molar-refractivity contribution in [3.8, 4) is 0 Å². The highest BCUT2D eigenvalue weighted by Gasteiger charge is 2.69. The average Bonchev–Trinajstić information content (AvgIpc) is 2.91. The summed E-state index contributed by atoms with van der Waals surface area (Å²) in [6.45, 7) is 0.869. The number of halogens is 4. The summed E-state index contributed by atoms with van der Waals surface area (Å²) in [6, 6.07) is 2.61. The van der Waals surface area contributed by atoms with Crippen LogP contribution in [-0.4, -0.2) is 22.8 Å². The molecule has 1 aromatic carbocycles. The van der Waals surface area contributed by atoms with E-state index >= 15 is 0 Å². The van der Waals surface area contributed by atoms with E-state index in [-0.39, 0.29) is 12.1 Å². The van der Waals surface area contributed by atoms with E-state index in [4.69, 9.17) is 27.9 Å². The van der Waals surface area contributed by atoms with Crippen molar-refractivity contribution < 1.29 is 23.1 Å². The molecular weight excluding hydrogens is 327 g/mol. The normalized spacial score (nSPS) is 22.5. The quantitative estimate of drug-likeness (QED) is 0.678. The summed E-state index contributed by atoms with van der Waals surface area (Å²) >= 11 is 11.6. The zero-order valence-corrected chi connectivity index (χ0v) is 12.4. The number of nitrogens with one attached hydrogen (secondary N) is 1. The van der Waals surface area contributed by atoms with E-state index in [9.17, 15) is 18.4 Å². The molecule has 4 nitrogen and oxygen atoms in total. The Morgan fingerprint density at radius 1 is 1.38 bits per heavy atom. The molecule has 1 aromatic rings. The van der Waals surface area contributed by atoms with Gasteiger partial charge in [0.15, 0.2) is 6.61 Å². The van der Waals surface area contributed by atoms with Crippen molar-refractivity contribution in [3.05, 3.63) is 29.8 Å². The topological polar surface area (TPSA) is 55.4 Å². The third-order valence-electron chi connectivity index (χ3n) is 3.25. The SMILES string of the molecule is CC1(C(=O)OCC(=O)Nc2cc(F)ccc2F)CC1(Cl)Cl. The van der Waals surface area contributed by atoms with Crippen LogP contribution in [0.3, 0.4) is 0 Å². The van der Waals surface area contributed by atoms with Crippen LogP contribution in [0.2, 0.25) is 0 Å². The molecule has 1 aliphatic rings. The number of carbonyl (C=O) groups is 2. The van der Waals surface area contributed by atoms with E-state index in [2.05, 4.69) is 5.32 Å². The number of ether oxygens (including phenoxy) is 1. The number of hydrogen-bond donors (Lipinski definition) is 1. The molecule has 2 rings (SSSR count). The Hall–Kier alpha value is -1.40. The lowest BCUT2D eigenvalue weighted by molar-refractivity contribution is -0.152. The van der Waals surface area contributed by atoms with Crippen LogP contribution in [0.1, 0.15) is 13.3 Å². The van der Waals surface area contributed by atoms with Crippen molar-refractivity contribution in [1.29, 1.82) is 0 Å². The standard InChI is InChI=1S/C13H11Cl2F2NO3/c1-12(6-13(12,14)15)11(20)21-5-10(19)18-9-4-7(16)2-3-8(9)17/h2-4H,5-6H2,1H3,(H,18,19). The van der Waals surface area contributed by atoms with Crippen molar-refractivity contribution in [2.45, 2.75) is 17.7 Å². The predicted molar refractivity (Wildman–Crippen MR) is 73.1 cm³/mol. The zero-order chi connectivity index (χ0) is 15.8. The first kappa shape index (κ1) is 16.0. The van der Waals surface area contributed by atoms with Gasteiger partial charge in [0.05, 0.1) is 5.69 Å². The molecule has 0 bridgehead atoms. The molecule has 114 valence electrons. The van der Waals surface area contributed by atoms with Crippen LogP contribution in [-0.2, 0) is 14.3 Å². The first-order chi connectivity index (χ1) is 9.65. The number of amides is 1. The Bertz CT molecular complexity index is 609.